The van der Waals surface area contributed by atoms with Crippen LogP contribution in [0.5, 0.6) is 0 Å². The van der Waals surface area contributed by atoms with E-state index in [0.717, 1.165) is 45.2 Å². The first-order valence-corrected chi connectivity index (χ1v) is 6.28. The number of carbonyl (C=O) groups is 1. The van der Waals surface area contributed by atoms with Gasteiger partial charge < -0.3 is 10.6 Å². The zero-order chi connectivity index (χ0) is 10.7. The topological polar surface area (TPSA) is 41.1 Å². The number of halogens is 1. The molecule has 2 rings (SSSR count). The molecule has 1 atom stereocenters. The second kappa shape index (κ2) is 5.87. The van der Waals surface area contributed by atoms with E-state index in [1.54, 1.807) is 0 Å². The Balaban J connectivity index is 0.00000128. The summed E-state index contributed by atoms with van der Waals surface area (Å²) in [4.78, 5) is 12.0. The molecule has 1 saturated heterocycles. The Morgan fingerprint density at radius 3 is 2.75 bits per heavy atom. The average Bonchev–Trinajstić information content (AvgIpc) is 3.01. The van der Waals surface area contributed by atoms with Gasteiger partial charge in [0.1, 0.15) is 0 Å². The fraction of sp³-hybridized carbons (Fsp3) is 0.917. The van der Waals surface area contributed by atoms with E-state index in [2.05, 4.69) is 17.6 Å². The maximum absolute atomic E-state index is 12.0. The largest absolute Gasteiger partial charge is 0.352 e. The maximum Gasteiger partial charge on any atom is 0.226 e. The predicted molar refractivity (Wildman–Crippen MR) is 67.9 cm³/mol. The van der Waals surface area contributed by atoms with Crippen molar-refractivity contribution in [1.82, 2.24) is 10.6 Å². The first-order valence-electron chi connectivity index (χ1n) is 6.28. The standard InChI is InChI=1S/C12H22N2O.ClH/c1-2-5-12(6-7-12)11(15)14-10-4-3-8-13-9-10;/h10,13H,2-9H2,1H3,(H,14,15);1H/t10-;/m1./s1. The molecular formula is C12H23ClN2O. The van der Waals surface area contributed by atoms with Gasteiger partial charge in [-0.05, 0) is 38.6 Å². The van der Waals surface area contributed by atoms with E-state index in [9.17, 15) is 4.79 Å². The summed E-state index contributed by atoms with van der Waals surface area (Å²) in [6.07, 6.45) is 6.72. The van der Waals surface area contributed by atoms with Gasteiger partial charge in [-0.25, -0.2) is 0 Å². The summed E-state index contributed by atoms with van der Waals surface area (Å²) in [5.41, 5.74) is 0.0339. The highest BCUT2D eigenvalue weighted by atomic mass is 35.5. The highest BCUT2D eigenvalue weighted by Gasteiger charge is 2.48. The third-order valence-corrected chi connectivity index (χ3v) is 3.70. The van der Waals surface area contributed by atoms with Crippen molar-refractivity contribution in [2.75, 3.05) is 13.1 Å². The van der Waals surface area contributed by atoms with Crippen LogP contribution in [0.1, 0.15) is 45.4 Å². The molecule has 0 unspecified atom stereocenters. The highest BCUT2D eigenvalue weighted by molar-refractivity contribution is 5.85. The second-order valence-electron chi connectivity index (χ2n) is 5.05. The normalized spacial score (nSPS) is 26.7. The lowest BCUT2D eigenvalue weighted by Crippen LogP contribution is -2.47. The lowest BCUT2D eigenvalue weighted by Gasteiger charge is -2.26. The lowest BCUT2D eigenvalue weighted by molar-refractivity contribution is -0.127. The molecule has 1 aliphatic heterocycles. The van der Waals surface area contributed by atoms with Crippen LogP contribution in [0, 0.1) is 5.41 Å². The predicted octanol–water partition coefficient (Wildman–Crippen LogP) is 1.86. The van der Waals surface area contributed by atoms with E-state index in [1.165, 1.54) is 6.42 Å². The van der Waals surface area contributed by atoms with Gasteiger partial charge in [0.15, 0.2) is 0 Å². The summed E-state index contributed by atoms with van der Waals surface area (Å²) in [6.45, 7) is 4.22. The van der Waals surface area contributed by atoms with Crippen molar-refractivity contribution in [3.63, 3.8) is 0 Å². The van der Waals surface area contributed by atoms with Crippen LogP contribution in [0.3, 0.4) is 0 Å². The Kier molecular flexibility index (Phi) is 5.06. The van der Waals surface area contributed by atoms with Crippen molar-refractivity contribution in [2.24, 2.45) is 5.41 Å². The molecule has 16 heavy (non-hydrogen) atoms. The molecule has 1 heterocycles. The molecule has 0 aromatic carbocycles. The van der Waals surface area contributed by atoms with Gasteiger partial charge in [0.05, 0.1) is 0 Å². The first-order chi connectivity index (χ1) is 7.27. The summed E-state index contributed by atoms with van der Waals surface area (Å²) in [5.74, 6) is 0.318. The van der Waals surface area contributed by atoms with Gasteiger partial charge in [-0.1, -0.05) is 13.3 Å². The molecule has 2 N–H and O–H groups in total. The van der Waals surface area contributed by atoms with Crippen LogP contribution in [0.4, 0.5) is 0 Å². The monoisotopic (exact) mass is 246 g/mol. The summed E-state index contributed by atoms with van der Waals surface area (Å²) in [7, 11) is 0. The fourth-order valence-electron chi connectivity index (χ4n) is 2.53. The van der Waals surface area contributed by atoms with Crippen molar-refractivity contribution in [1.29, 1.82) is 0 Å². The van der Waals surface area contributed by atoms with E-state index in [-0.39, 0.29) is 17.8 Å². The van der Waals surface area contributed by atoms with Crippen molar-refractivity contribution in [3.05, 3.63) is 0 Å². The molecule has 0 radical (unpaired) electrons. The molecule has 94 valence electrons. The minimum atomic E-state index is 0. The fourth-order valence-corrected chi connectivity index (χ4v) is 2.53. The number of piperidine rings is 1. The maximum atomic E-state index is 12.0. The number of hydrogen-bond acceptors (Lipinski definition) is 2. The molecule has 0 spiro atoms. The molecule has 1 amide bonds. The minimum Gasteiger partial charge on any atom is -0.352 e. The van der Waals surface area contributed by atoms with E-state index >= 15 is 0 Å². The van der Waals surface area contributed by atoms with E-state index in [4.69, 9.17) is 0 Å². The summed E-state index contributed by atoms with van der Waals surface area (Å²) in [6, 6.07) is 0.376. The van der Waals surface area contributed by atoms with Gasteiger partial charge in [-0.15, -0.1) is 12.4 Å². The van der Waals surface area contributed by atoms with Crippen molar-refractivity contribution < 1.29 is 4.79 Å². The SMILES string of the molecule is CCCC1(C(=O)N[C@@H]2CCCNC2)CC1.Cl. The van der Waals surface area contributed by atoms with Gasteiger partial charge in [0.25, 0.3) is 0 Å². The van der Waals surface area contributed by atoms with E-state index in [0.29, 0.717) is 11.9 Å². The smallest absolute Gasteiger partial charge is 0.226 e. The molecule has 1 aliphatic carbocycles. The summed E-state index contributed by atoms with van der Waals surface area (Å²) >= 11 is 0. The second-order valence-corrected chi connectivity index (χ2v) is 5.05. The van der Waals surface area contributed by atoms with E-state index in [1.807, 2.05) is 0 Å². The van der Waals surface area contributed by atoms with Crippen LogP contribution in [-0.4, -0.2) is 25.0 Å². The number of nitrogens with one attached hydrogen (secondary N) is 2. The number of hydrogen-bond donors (Lipinski definition) is 2. The molecule has 1 saturated carbocycles. The van der Waals surface area contributed by atoms with Crippen LogP contribution in [0.15, 0.2) is 0 Å². The van der Waals surface area contributed by atoms with Gasteiger partial charge in [-0.3, -0.25) is 4.79 Å². The van der Waals surface area contributed by atoms with Gasteiger partial charge >= 0.3 is 0 Å². The van der Waals surface area contributed by atoms with Crippen molar-refractivity contribution in [2.45, 2.75) is 51.5 Å². The molecular weight excluding hydrogens is 224 g/mol. The average molecular weight is 247 g/mol. The summed E-state index contributed by atoms with van der Waals surface area (Å²) in [5, 5.41) is 6.53. The number of amides is 1. The van der Waals surface area contributed by atoms with Crippen LogP contribution >= 0.6 is 12.4 Å². The van der Waals surface area contributed by atoms with Crippen LogP contribution in [0.2, 0.25) is 0 Å². The Morgan fingerprint density at radius 2 is 2.25 bits per heavy atom. The third-order valence-electron chi connectivity index (χ3n) is 3.70. The Hall–Kier alpha value is -0.280. The minimum absolute atomic E-state index is 0. The zero-order valence-electron chi connectivity index (χ0n) is 10.1. The molecule has 0 bridgehead atoms. The Morgan fingerprint density at radius 1 is 1.50 bits per heavy atom. The molecule has 0 aromatic rings. The lowest BCUT2D eigenvalue weighted by atomic mass is 9.98. The van der Waals surface area contributed by atoms with Crippen LogP contribution in [-0.2, 0) is 4.79 Å². The molecule has 0 aromatic heterocycles. The quantitative estimate of drug-likeness (QED) is 0.795. The van der Waals surface area contributed by atoms with Gasteiger partial charge in [0.2, 0.25) is 5.91 Å². The number of rotatable bonds is 4. The zero-order valence-corrected chi connectivity index (χ0v) is 10.9. The Labute approximate surface area is 104 Å². The summed E-state index contributed by atoms with van der Waals surface area (Å²) < 4.78 is 0. The number of carbonyl (C=O) groups excluding carboxylic acids is 1. The van der Waals surface area contributed by atoms with Crippen molar-refractivity contribution >= 4 is 18.3 Å². The molecule has 4 heteroatoms. The first kappa shape index (κ1) is 13.8. The van der Waals surface area contributed by atoms with E-state index < -0.39 is 0 Å². The Bertz CT molecular complexity index is 235. The third kappa shape index (κ3) is 3.11. The van der Waals surface area contributed by atoms with Crippen molar-refractivity contribution in [3.8, 4) is 0 Å². The molecule has 2 aliphatic rings. The molecule has 3 nitrogen and oxygen atoms in total. The van der Waals surface area contributed by atoms with Crippen LogP contribution in [0.25, 0.3) is 0 Å². The van der Waals surface area contributed by atoms with Gasteiger partial charge in [0, 0.05) is 18.0 Å². The van der Waals surface area contributed by atoms with Gasteiger partial charge in [-0.2, -0.15) is 0 Å². The molecule has 2 fully saturated rings. The van der Waals surface area contributed by atoms with Crippen LogP contribution < -0.4 is 10.6 Å². The highest BCUT2D eigenvalue weighted by Crippen LogP contribution is 2.49.